The first kappa shape index (κ1) is 83.0. The summed E-state index contributed by atoms with van der Waals surface area (Å²) in [5.41, 5.74) is 4.05. The number of rotatable bonds is 39. The van der Waals surface area contributed by atoms with Crippen molar-refractivity contribution in [1.29, 1.82) is 0 Å². The summed E-state index contributed by atoms with van der Waals surface area (Å²) in [5.74, 6) is -0.599. The molecule has 0 spiro atoms. The number of carbonyl (C=O) groups excluding carboxylic acids is 10. The molecule has 4 fully saturated rings. The molecular formula is C79H102F2N8O19. The van der Waals surface area contributed by atoms with Crippen molar-refractivity contribution in [2.24, 2.45) is 40.7 Å². The number of anilines is 2. The molecule has 2 aliphatic heterocycles. The highest BCUT2D eigenvalue weighted by Gasteiger charge is 2.78. The van der Waals surface area contributed by atoms with Crippen LogP contribution in [-0.2, 0) is 84.6 Å². The number of para-hydroxylation sites is 1. The highest BCUT2D eigenvalue weighted by Crippen LogP contribution is 2.70. The quantitative estimate of drug-likeness (QED) is 0.0245. The molecule has 2 heterocycles. The maximum atomic E-state index is 17.6. The average molecular weight is 1510 g/mol. The second kappa shape index (κ2) is 38.9. The van der Waals surface area contributed by atoms with Gasteiger partial charge in [-0.3, -0.25) is 33.6 Å². The summed E-state index contributed by atoms with van der Waals surface area (Å²) >= 11 is 0. The molecule has 0 bridgehead atoms. The zero-order chi connectivity index (χ0) is 77.7. The molecule has 12 atom stereocenters. The van der Waals surface area contributed by atoms with Gasteiger partial charge in [-0.1, -0.05) is 94.5 Å². The molecule has 27 nitrogen and oxygen atoms in total. The number of nitrogens with two attached hydrogens (primary N) is 1. The van der Waals surface area contributed by atoms with Crippen LogP contribution in [0.2, 0.25) is 0 Å². The molecule has 3 aromatic carbocycles. The van der Waals surface area contributed by atoms with E-state index in [9.17, 15) is 53.1 Å². The lowest BCUT2D eigenvalue weighted by Gasteiger charge is -2.59. The molecule has 1 saturated heterocycles. The van der Waals surface area contributed by atoms with E-state index in [1.54, 1.807) is 49.9 Å². The highest BCUT2D eigenvalue weighted by molar-refractivity contribution is 6.01. The highest BCUT2D eigenvalue weighted by atomic mass is 19.1. The van der Waals surface area contributed by atoms with Crippen molar-refractivity contribution < 1.29 is 99.7 Å². The largest absolute Gasteiger partial charge is 0.445 e. The van der Waals surface area contributed by atoms with E-state index in [2.05, 4.69) is 33.1 Å². The number of allylic oxidation sites excluding steroid dienone is 4. The summed E-state index contributed by atoms with van der Waals surface area (Å²) in [6, 6.07) is 20.0. The summed E-state index contributed by atoms with van der Waals surface area (Å²) in [7, 11) is 2.88. The number of amides is 8. The van der Waals surface area contributed by atoms with Crippen LogP contribution >= 0.6 is 0 Å². The van der Waals surface area contributed by atoms with Crippen molar-refractivity contribution >= 4 is 70.6 Å². The molecule has 0 aromatic heterocycles. The number of ketones is 3. The van der Waals surface area contributed by atoms with E-state index in [0.29, 0.717) is 62.6 Å². The standard InChI is InChI=1S/C79H102F2N8O19/c1-7-13-71-107-67-45-60-61-44-62(80)58-43-57(90)25-26-59(58)78(61,81)65(92)46-77(60,4)79(67,108-71)66(93)49-106-76(100)88(6)33-32-87(5)75(99)105-48-51-19-23-56(24-20-51)85-73(97)54(17-12-30-84-74(82)98)42-64(91)72(50(2)3)86-69(95)29-34-101-36-38-103-40-41-104-39-37-102-35-31-83-68(94)27-28-70(96)89-47-55-16-9-8-14-52(55)21-22-53-15-10-11-18-63(53)89/h8-11,14-16,18-20,23-26,43,50,54,59-62,65,67,71-72,92H,7,12-13,17,27-42,44-49H2,1-6H3,(H,83,94)(H,85,97)(H,86,95)(H3,82,84,98)/t54-,59?,60+,61+,62+,65+,67-,71?,72+,77+,78+,79-/m1/s1. The zero-order valence-corrected chi connectivity index (χ0v) is 62.3. The number of benzene rings is 3. The molecule has 6 aliphatic rings. The van der Waals surface area contributed by atoms with E-state index in [4.69, 9.17) is 43.6 Å². The van der Waals surface area contributed by atoms with E-state index in [1.165, 1.54) is 36.0 Å². The number of urea groups is 1. The number of ether oxygens (including phenoxy) is 8. The van der Waals surface area contributed by atoms with Crippen molar-refractivity contribution in [2.75, 3.05) is 110 Å². The molecule has 8 amide bonds. The number of nitrogens with one attached hydrogen (secondary N) is 4. The van der Waals surface area contributed by atoms with E-state index >= 15 is 8.78 Å². The molecule has 3 aromatic rings. The Hall–Kier alpha value is -9.02. The van der Waals surface area contributed by atoms with Crippen molar-refractivity contribution in [3.63, 3.8) is 0 Å². The zero-order valence-electron chi connectivity index (χ0n) is 62.3. The van der Waals surface area contributed by atoms with Crippen LogP contribution in [0.1, 0.15) is 121 Å². The predicted molar refractivity (Wildman–Crippen MR) is 391 cm³/mol. The number of aliphatic hydroxyl groups excluding tert-OH is 1. The number of fused-ring (bicyclic) bond motifs is 9. The number of hydrogen-bond acceptors (Lipinski definition) is 19. The molecule has 7 N–H and O–H groups in total. The molecule has 108 heavy (non-hydrogen) atoms. The van der Waals surface area contributed by atoms with Gasteiger partial charge in [-0.15, -0.1) is 0 Å². The minimum absolute atomic E-state index is 0.00856. The van der Waals surface area contributed by atoms with Crippen LogP contribution in [0, 0.1) is 46.8 Å². The van der Waals surface area contributed by atoms with E-state index in [-0.39, 0.29) is 146 Å². The van der Waals surface area contributed by atoms with Crippen LogP contribution in [0.15, 0.2) is 96.6 Å². The number of hydrogen-bond donors (Lipinski definition) is 6. The number of halogens is 2. The Morgan fingerprint density at radius 1 is 0.778 bits per heavy atom. The number of likely N-dealkylation sites (N-methyl/N-ethyl adjacent to an activating group) is 2. The normalized spacial score (nSPS) is 24.0. The Kier molecular flexibility index (Phi) is 29.9. The topological polar surface area (TPSA) is 349 Å². The number of primary amides is 1. The lowest BCUT2D eigenvalue weighted by atomic mass is 9.48. The van der Waals surface area contributed by atoms with Gasteiger partial charge in [0.1, 0.15) is 18.4 Å². The molecular weight excluding hydrogens is 1400 g/mol. The van der Waals surface area contributed by atoms with Crippen molar-refractivity contribution in [3.8, 4) is 11.8 Å². The number of aliphatic hydroxyl groups is 1. The molecule has 9 rings (SSSR count). The summed E-state index contributed by atoms with van der Waals surface area (Å²) in [6.45, 7) is 8.88. The third-order valence-electron chi connectivity index (χ3n) is 21.1. The Balaban J connectivity index is 0.628. The fraction of sp³-hybridized carbons (Fsp3) is 0.570. The van der Waals surface area contributed by atoms with Gasteiger partial charge in [0.2, 0.25) is 29.4 Å². The van der Waals surface area contributed by atoms with Crippen molar-refractivity contribution in [1.82, 2.24) is 25.8 Å². The van der Waals surface area contributed by atoms with Gasteiger partial charge in [-0.25, -0.2) is 23.2 Å². The molecule has 3 saturated carbocycles. The van der Waals surface area contributed by atoms with Gasteiger partial charge in [0.15, 0.2) is 30.1 Å². The van der Waals surface area contributed by atoms with Gasteiger partial charge in [0, 0.05) is 106 Å². The summed E-state index contributed by atoms with van der Waals surface area (Å²) in [6.07, 6.45) is -2.18. The number of carbonyl (C=O) groups is 10. The lowest BCUT2D eigenvalue weighted by Crippen LogP contribution is -2.68. The van der Waals surface area contributed by atoms with Crippen molar-refractivity contribution in [2.45, 2.75) is 153 Å². The smallest absolute Gasteiger partial charge is 0.409 e. The van der Waals surface area contributed by atoms with E-state index < -0.39 is 119 Å². The third-order valence-corrected chi connectivity index (χ3v) is 21.1. The monoisotopic (exact) mass is 1500 g/mol. The molecule has 2 unspecified atom stereocenters. The Morgan fingerprint density at radius 2 is 1.43 bits per heavy atom. The Labute approximate surface area is 628 Å². The molecule has 4 aliphatic carbocycles. The van der Waals surface area contributed by atoms with E-state index in [1.807, 2.05) is 55.5 Å². The second-order valence-corrected chi connectivity index (χ2v) is 28.8. The van der Waals surface area contributed by atoms with Gasteiger partial charge in [-0.2, -0.15) is 0 Å². The average Bonchev–Trinajstić information content (AvgIpc) is 1.48. The minimum Gasteiger partial charge on any atom is -0.445 e. The van der Waals surface area contributed by atoms with Crippen LogP contribution in [0.3, 0.4) is 0 Å². The van der Waals surface area contributed by atoms with Gasteiger partial charge in [0.05, 0.1) is 83.3 Å². The lowest BCUT2D eigenvalue weighted by molar-refractivity contribution is -0.223. The fourth-order valence-corrected chi connectivity index (χ4v) is 15.4. The maximum Gasteiger partial charge on any atom is 0.409 e. The van der Waals surface area contributed by atoms with Crippen LogP contribution < -0.4 is 31.9 Å². The third kappa shape index (κ3) is 20.7. The first-order valence-corrected chi connectivity index (χ1v) is 37.2. The summed E-state index contributed by atoms with van der Waals surface area (Å²) in [5, 5.41) is 22.7. The molecule has 586 valence electrons. The van der Waals surface area contributed by atoms with E-state index in [0.717, 1.165) is 22.8 Å². The first-order valence-electron chi connectivity index (χ1n) is 37.2. The van der Waals surface area contributed by atoms with Crippen LogP contribution in [0.5, 0.6) is 0 Å². The van der Waals surface area contributed by atoms with Crippen molar-refractivity contribution in [3.05, 3.63) is 119 Å². The SMILES string of the molecule is CCCC1O[C@@H]2C[C@H]3[C@@H]4C[C@H](F)C5=CC(=O)C=CC5[C@@]4(F)[C@@H](O)C[C@]3(C)[C@]2(C(=O)COC(=O)N(C)CCN(C)C(=O)OCc2ccc(NC(=O)[C@H](CCCNC(N)=O)CC(=O)[C@@H](NC(=O)CCOCCOCCOCCOCCNC(=O)CCC(=O)N3Cc4ccccc4C#Cc4ccccc43)C(C)C)cc2)O1. The Bertz CT molecular complexity index is 3830. The first-order chi connectivity index (χ1) is 51.8. The molecule has 0 radical (unpaired) electrons. The number of nitrogens with zero attached hydrogens (tertiary/aromatic N) is 3. The van der Waals surface area contributed by atoms with Gasteiger partial charge in [-0.05, 0) is 110 Å². The maximum absolute atomic E-state index is 17.6. The van der Waals surface area contributed by atoms with Crippen LogP contribution in [-0.4, -0.2) is 216 Å². The fourth-order valence-electron chi connectivity index (χ4n) is 15.4. The number of Topliss-reactive ketones (excluding diaryl/α,β-unsaturated/α-hetero) is 2. The van der Waals surface area contributed by atoms with Gasteiger partial charge in [0.25, 0.3) is 0 Å². The second-order valence-electron chi connectivity index (χ2n) is 28.8. The number of alkyl halides is 2. The predicted octanol–water partition coefficient (Wildman–Crippen LogP) is 7.11. The molecule has 29 heteroatoms. The Morgan fingerprint density at radius 3 is 2.11 bits per heavy atom. The van der Waals surface area contributed by atoms with Crippen LogP contribution in [0.4, 0.5) is 34.5 Å². The summed E-state index contributed by atoms with van der Waals surface area (Å²) in [4.78, 5) is 136. The van der Waals surface area contributed by atoms with Gasteiger partial charge >= 0.3 is 18.2 Å². The van der Waals surface area contributed by atoms with Gasteiger partial charge < -0.3 is 84.7 Å². The summed E-state index contributed by atoms with van der Waals surface area (Å²) < 4.78 is 79.8. The van der Waals surface area contributed by atoms with Crippen LogP contribution in [0.25, 0.3) is 0 Å². The minimum atomic E-state index is -2.33.